The van der Waals surface area contributed by atoms with Crippen molar-refractivity contribution in [1.29, 1.82) is 0 Å². The molecule has 0 radical (unpaired) electrons. The molecule has 0 aromatic heterocycles. The SMILES string of the molecule is C=CSNCCCCCC(=O)NCCC(=O)Nc1cc(COC=O)ccc1OC1OC(C(=O)O)CC(O)[C@H]1O. The number of carbonyl (C=O) groups excluding carboxylic acids is 3. The maximum atomic E-state index is 12.6. The number of aliphatic carboxylic acids is 1. The molecule has 14 heteroatoms. The Kier molecular flexibility index (Phi) is 14.3. The Balaban J connectivity index is 1.92. The van der Waals surface area contributed by atoms with Gasteiger partial charge in [-0.1, -0.05) is 31.0 Å². The first kappa shape index (κ1) is 32.0. The molecule has 13 nitrogen and oxygen atoms in total. The van der Waals surface area contributed by atoms with Gasteiger partial charge in [-0.25, -0.2) is 4.79 Å². The van der Waals surface area contributed by atoms with Crippen molar-refractivity contribution in [2.24, 2.45) is 0 Å². The summed E-state index contributed by atoms with van der Waals surface area (Å²) in [5.41, 5.74) is 0.634. The first-order chi connectivity index (χ1) is 18.7. The van der Waals surface area contributed by atoms with Crippen LogP contribution in [0.5, 0.6) is 5.75 Å². The van der Waals surface area contributed by atoms with Crippen molar-refractivity contribution in [1.82, 2.24) is 10.0 Å². The lowest BCUT2D eigenvalue weighted by Crippen LogP contribution is -2.52. The van der Waals surface area contributed by atoms with E-state index in [-0.39, 0.29) is 49.8 Å². The van der Waals surface area contributed by atoms with Crippen molar-refractivity contribution >= 4 is 41.9 Å². The number of unbranched alkanes of at least 4 members (excludes halogenated alkanes) is 2. The summed E-state index contributed by atoms with van der Waals surface area (Å²) in [6.45, 7) is 4.69. The number of carboxylic acid groups (broad SMARTS) is 1. The molecule has 39 heavy (non-hydrogen) atoms. The zero-order chi connectivity index (χ0) is 28.6. The molecule has 2 rings (SSSR count). The number of hydrogen-bond donors (Lipinski definition) is 6. The molecule has 1 aromatic rings. The fourth-order valence-electron chi connectivity index (χ4n) is 3.61. The van der Waals surface area contributed by atoms with E-state index in [0.717, 1.165) is 25.8 Å². The zero-order valence-electron chi connectivity index (χ0n) is 21.4. The van der Waals surface area contributed by atoms with E-state index in [2.05, 4.69) is 21.9 Å². The summed E-state index contributed by atoms with van der Waals surface area (Å²) in [4.78, 5) is 46.5. The summed E-state index contributed by atoms with van der Waals surface area (Å²) in [5, 5.41) is 36.5. The van der Waals surface area contributed by atoms with Gasteiger partial charge in [0.1, 0.15) is 18.5 Å². The van der Waals surface area contributed by atoms with Gasteiger partial charge in [0.25, 0.3) is 6.47 Å². The van der Waals surface area contributed by atoms with Crippen LogP contribution < -0.4 is 20.1 Å². The minimum absolute atomic E-state index is 0.0190. The smallest absolute Gasteiger partial charge is 0.333 e. The Labute approximate surface area is 230 Å². The molecule has 0 aliphatic carbocycles. The van der Waals surface area contributed by atoms with Crippen LogP contribution in [0.3, 0.4) is 0 Å². The normalized spacial score (nSPS) is 20.5. The number of carbonyl (C=O) groups is 4. The number of aliphatic hydroxyl groups excluding tert-OH is 2. The summed E-state index contributed by atoms with van der Waals surface area (Å²) in [7, 11) is 0. The van der Waals surface area contributed by atoms with Crippen LogP contribution in [-0.4, -0.2) is 77.3 Å². The average molecular weight is 570 g/mol. The second-order valence-electron chi connectivity index (χ2n) is 8.62. The standard InChI is InChI=1S/C25H35N3O10S/c1-2-39-27-10-5-3-4-6-21(31)26-11-9-22(32)28-17-12-16(14-36-15-29)7-8-19(17)37-25-23(33)18(30)13-20(38-25)24(34)35/h2,7-8,12,15,18,20,23,25,27,30,33H,1,3-6,9-11,13-14H2,(H,26,31)(H,28,32)(H,34,35)/t18?,20?,23-,25?/m1/s1. The number of rotatable bonds is 18. The van der Waals surface area contributed by atoms with Crippen LogP contribution in [-0.2, 0) is 35.3 Å². The molecular formula is C25H35N3O10S. The van der Waals surface area contributed by atoms with Crippen molar-refractivity contribution in [3.8, 4) is 5.75 Å². The Morgan fingerprint density at radius 1 is 1.13 bits per heavy atom. The molecule has 1 fully saturated rings. The Bertz CT molecular complexity index is 979. The van der Waals surface area contributed by atoms with E-state index in [1.807, 2.05) is 0 Å². The molecule has 0 saturated carbocycles. The molecule has 6 N–H and O–H groups in total. The monoisotopic (exact) mass is 569 g/mol. The zero-order valence-corrected chi connectivity index (χ0v) is 22.2. The molecule has 4 atom stereocenters. The molecule has 1 aliphatic rings. The first-order valence-corrected chi connectivity index (χ1v) is 13.3. The van der Waals surface area contributed by atoms with E-state index in [9.17, 15) is 34.5 Å². The largest absolute Gasteiger partial charge is 0.479 e. The van der Waals surface area contributed by atoms with Crippen LogP contribution in [0, 0.1) is 0 Å². The first-order valence-electron chi connectivity index (χ1n) is 12.4. The van der Waals surface area contributed by atoms with E-state index < -0.39 is 36.5 Å². The van der Waals surface area contributed by atoms with Crippen LogP contribution in [0.25, 0.3) is 0 Å². The molecule has 1 aromatic carbocycles. The quantitative estimate of drug-likeness (QED) is 0.0837. The summed E-state index contributed by atoms with van der Waals surface area (Å²) in [6, 6.07) is 4.42. The van der Waals surface area contributed by atoms with E-state index in [4.69, 9.17) is 14.2 Å². The van der Waals surface area contributed by atoms with E-state index in [1.165, 1.54) is 30.1 Å². The number of ether oxygens (including phenoxy) is 3. The fraction of sp³-hybridized carbons (Fsp3) is 0.520. The number of aliphatic hydroxyl groups is 2. The molecule has 216 valence electrons. The highest BCUT2D eigenvalue weighted by molar-refractivity contribution is 8.00. The van der Waals surface area contributed by atoms with Crippen LogP contribution >= 0.6 is 11.9 Å². The van der Waals surface area contributed by atoms with Gasteiger partial charge in [-0.3, -0.25) is 19.1 Å². The van der Waals surface area contributed by atoms with Gasteiger partial charge < -0.3 is 40.2 Å². The third kappa shape index (κ3) is 11.6. The van der Waals surface area contributed by atoms with Gasteiger partial charge in [-0.15, -0.1) is 0 Å². The molecule has 3 unspecified atom stereocenters. The van der Waals surface area contributed by atoms with Gasteiger partial charge in [0.15, 0.2) is 6.10 Å². The van der Waals surface area contributed by atoms with Gasteiger partial charge in [0.2, 0.25) is 18.1 Å². The van der Waals surface area contributed by atoms with Crippen molar-refractivity contribution < 1.29 is 48.7 Å². The lowest BCUT2D eigenvalue weighted by atomic mass is 10.0. The Morgan fingerprint density at radius 2 is 1.92 bits per heavy atom. The number of anilines is 1. The Morgan fingerprint density at radius 3 is 2.64 bits per heavy atom. The molecule has 2 amide bonds. The predicted molar refractivity (Wildman–Crippen MR) is 141 cm³/mol. The van der Waals surface area contributed by atoms with Gasteiger partial charge >= 0.3 is 5.97 Å². The van der Waals surface area contributed by atoms with Crippen molar-refractivity contribution in [2.75, 3.05) is 18.4 Å². The molecule has 0 spiro atoms. The number of amides is 2. The molecule has 0 bridgehead atoms. The molecule has 1 heterocycles. The second kappa shape index (κ2) is 17.4. The van der Waals surface area contributed by atoms with Crippen LogP contribution in [0.15, 0.2) is 30.2 Å². The third-order valence-electron chi connectivity index (χ3n) is 5.61. The maximum absolute atomic E-state index is 12.6. The highest BCUT2D eigenvalue weighted by Crippen LogP contribution is 2.31. The van der Waals surface area contributed by atoms with Crippen LogP contribution in [0.1, 0.15) is 44.1 Å². The number of nitrogens with one attached hydrogen (secondary N) is 3. The summed E-state index contributed by atoms with van der Waals surface area (Å²) < 4.78 is 18.8. The summed E-state index contributed by atoms with van der Waals surface area (Å²) in [6.07, 6.45) is -3.36. The van der Waals surface area contributed by atoms with Crippen LogP contribution in [0.2, 0.25) is 0 Å². The van der Waals surface area contributed by atoms with Gasteiger partial charge in [-0.05, 0) is 35.9 Å². The molecule has 1 saturated heterocycles. The second-order valence-corrected chi connectivity index (χ2v) is 9.48. The fourth-order valence-corrected chi connectivity index (χ4v) is 3.99. The summed E-state index contributed by atoms with van der Waals surface area (Å²) >= 11 is 1.42. The number of hydrogen-bond acceptors (Lipinski definition) is 11. The van der Waals surface area contributed by atoms with Gasteiger partial charge in [0, 0.05) is 32.4 Å². The Hall–Kier alpha value is -3.17. The summed E-state index contributed by atoms with van der Waals surface area (Å²) in [5.74, 6) is -1.94. The van der Waals surface area contributed by atoms with Crippen LogP contribution in [0.4, 0.5) is 5.69 Å². The van der Waals surface area contributed by atoms with Crippen molar-refractivity contribution in [2.45, 2.75) is 69.7 Å². The van der Waals surface area contributed by atoms with Crippen molar-refractivity contribution in [3.05, 3.63) is 35.7 Å². The minimum Gasteiger partial charge on any atom is -0.479 e. The average Bonchev–Trinajstić information content (AvgIpc) is 2.90. The predicted octanol–water partition coefficient (Wildman–Crippen LogP) is 1.05. The highest BCUT2D eigenvalue weighted by atomic mass is 32.2. The lowest BCUT2D eigenvalue weighted by Gasteiger charge is -2.35. The molecule has 1 aliphatic heterocycles. The van der Waals surface area contributed by atoms with Crippen molar-refractivity contribution in [3.63, 3.8) is 0 Å². The van der Waals surface area contributed by atoms with Gasteiger partial charge in [0.05, 0.1) is 11.8 Å². The topological polar surface area (TPSA) is 193 Å². The third-order valence-corrected chi connectivity index (χ3v) is 6.14. The highest BCUT2D eigenvalue weighted by Gasteiger charge is 2.41. The minimum atomic E-state index is -1.54. The maximum Gasteiger partial charge on any atom is 0.333 e. The number of benzene rings is 1. The van der Waals surface area contributed by atoms with E-state index in [1.54, 1.807) is 5.41 Å². The molecular weight excluding hydrogens is 534 g/mol. The van der Waals surface area contributed by atoms with Gasteiger partial charge in [-0.2, -0.15) is 0 Å². The van der Waals surface area contributed by atoms with E-state index >= 15 is 0 Å². The number of carboxylic acids is 1. The van der Waals surface area contributed by atoms with E-state index in [0.29, 0.717) is 12.0 Å². The lowest BCUT2D eigenvalue weighted by molar-refractivity contribution is -0.238.